The Balaban J connectivity index is 3.18. The molecule has 1 rings (SSSR count). The number of benzene rings is 1. The zero-order valence-electron chi connectivity index (χ0n) is 10.4. The van der Waals surface area contributed by atoms with E-state index in [2.05, 4.69) is 4.74 Å². The number of halogens is 1. The zero-order chi connectivity index (χ0) is 13.0. The van der Waals surface area contributed by atoms with E-state index in [1.165, 1.54) is 13.2 Å². The molecule has 0 bridgehead atoms. The van der Waals surface area contributed by atoms with Crippen molar-refractivity contribution >= 4 is 5.97 Å². The summed E-state index contributed by atoms with van der Waals surface area (Å²) in [6.45, 7) is 4.07. The molecule has 2 N–H and O–H groups in total. The minimum Gasteiger partial charge on any atom is -0.465 e. The first-order chi connectivity index (χ1) is 8.01. The van der Waals surface area contributed by atoms with Crippen LogP contribution in [0.4, 0.5) is 4.39 Å². The van der Waals surface area contributed by atoms with E-state index in [0.29, 0.717) is 29.7 Å². The van der Waals surface area contributed by atoms with Gasteiger partial charge in [-0.05, 0) is 49.1 Å². The summed E-state index contributed by atoms with van der Waals surface area (Å²) < 4.78 is 18.4. The molecule has 0 aliphatic rings. The number of aryl methyl sites for hydroxylation is 1. The smallest absolute Gasteiger partial charge is 0.338 e. The van der Waals surface area contributed by atoms with Gasteiger partial charge in [-0.3, -0.25) is 0 Å². The average molecular weight is 239 g/mol. The summed E-state index contributed by atoms with van der Waals surface area (Å²) in [5.41, 5.74) is 6.96. The molecule has 4 heteroatoms. The number of ether oxygens (including phenoxy) is 1. The van der Waals surface area contributed by atoms with Crippen molar-refractivity contribution in [2.45, 2.75) is 26.2 Å². The van der Waals surface area contributed by atoms with Crippen LogP contribution in [0.5, 0.6) is 0 Å². The normalized spacial score (nSPS) is 12.3. The van der Waals surface area contributed by atoms with Gasteiger partial charge < -0.3 is 10.5 Å². The molecule has 0 saturated carbocycles. The number of nitrogens with two attached hydrogens (primary N) is 1. The van der Waals surface area contributed by atoms with Crippen LogP contribution in [-0.4, -0.2) is 19.6 Å². The van der Waals surface area contributed by atoms with Crippen molar-refractivity contribution in [3.8, 4) is 0 Å². The summed E-state index contributed by atoms with van der Waals surface area (Å²) in [4.78, 5) is 11.5. The number of methoxy groups -OCH3 is 1. The van der Waals surface area contributed by atoms with Crippen molar-refractivity contribution in [2.24, 2.45) is 5.73 Å². The van der Waals surface area contributed by atoms with Crippen LogP contribution in [0, 0.1) is 12.7 Å². The van der Waals surface area contributed by atoms with Crippen molar-refractivity contribution in [2.75, 3.05) is 13.7 Å². The van der Waals surface area contributed by atoms with Crippen LogP contribution in [-0.2, 0) is 4.74 Å². The van der Waals surface area contributed by atoms with Crippen LogP contribution in [0.15, 0.2) is 12.1 Å². The van der Waals surface area contributed by atoms with E-state index >= 15 is 0 Å². The van der Waals surface area contributed by atoms with Crippen LogP contribution in [0.3, 0.4) is 0 Å². The Kier molecular flexibility index (Phi) is 4.63. The molecule has 0 aromatic heterocycles. The lowest BCUT2D eigenvalue weighted by atomic mass is 9.93. The highest BCUT2D eigenvalue weighted by Crippen LogP contribution is 2.25. The van der Waals surface area contributed by atoms with E-state index in [1.807, 2.05) is 6.92 Å². The summed E-state index contributed by atoms with van der Waals surface area (Å²) in [6.07, 6.45) is 0.681. The minimum atomic E-state index is -0.441. The highest BCUT2D eigenvalue weighted by atomic mass is 19.1. The second-order valence-electron chi connectivity index (χ2n) is 4.16. The Morgan fingerprint density at radius 2 is 2.18 bits per heavy atom. The summed E-state index contributed by atoms with van der Waals surface area (Å²) >= 11 is 0. The van der Waals surface area contributed by atoms with Gasteiger partial charge >= 0.3 is 5.97 Å². The first-order valence-corrected chi connectivity index (χ1v) is 5.59. The lowest BCUT2D eigenvalue weighted by Gasteiger charge is -2.14. The van der Waals surface area contributed by atoms with Gasteiger partial charge in [0.15, 0.2) is 0 Å². The zero-order valence-corrected chi connectivity index (χ0v) is 10.4. The molecule has 1 aromatic carbocycles. The van der Waals surface area contributed by atoms with Crippen molar-refractivity contribution in [1.82, 2.24) is 0 Å². The lowest BCUT2D eigenvalue weighted by molar-refractivity contribution is 0.0599. The fraction of sp³-hybridized carbons (Fsp3) is 0.462. The van der Waals surface area contributed by atoms with Gasteiger partial charge in [0.05, 0.1) is 12.7 Å². The third kappa shape index (κ3) is 3.03. The number of hydrogen-bond acceptors (Lipinski definition) is 3. The van der Waals surface area contributed by atoms with E-state index in [-0.39, 0.29) is 11.7 Å². The van der Waals surface area contributed by atoms with Gasteiger partial charge in [-0.1, -0.05) is 6.92 Å². The number of hydrogen-bond donors (Lipinski definition) is 1. The maximum Gasteiger partial charge on any atom is 0.338 e. The van der Waals surface area contributed by atoms with Gasteiger partial charge in [0.2, 0.25) is 0 Å². The van der Waals surface area contributed by atoms with Gasteiger partial charge in [-0.2, -0.15) is 0 Å². The third-order valence-corrected chi connectivity index (χ3v) is 2.88. The predicted octanol–water partition coefficient (Wildman–Crippen LogP) is 2.37. The summed E-state index contributed by atoms with van der Waals surface area (Å²) in [5, 5.41) is 0. The van der Waals surface area contributed by atoms with Crippen LogP contribution in [0.25, 0.3) is 0 Å². The van der Waals surface area contributed by atoms with Crippen LogP contribution < -0.4 is 5.73 Å². The molecule has 1 atom stereocenters. The van der Waals surface area contributed by atoms with Crippen molar-refractivity contribution in [1.29, 1.82) is 0 Å². The Labute approximate surface area is 101 Å². The molecule has 94 valence electrons. The molecule has 0 fully saturated rings. The highest BCUT2D eigenvalue weighted by molar-refractivity contribution is 5.91. The molecular formula is C13H18FNO2. The summed E-state index contributed by atoms with van der Waals surface area (Å²) in [5.74, 6) is -0.746. The number of carbonyl (C=O) groups is 1. The fourth-order valence-electron chi connectivity index (χ4n) is 1.80. The second kappa shape index (κ2) is 5.77. The number of rotatable bonds is 4. The van der Waals surface area contributed by atoms with Gasteiger partial charge in [0.1, 0.15) is 5.82 Å². The Morgan fingerprint density at radius 3 is 2.71 bits per heavy atom. The monoisotopic (exact) mass is 239 g/mol. The van der Waals surface area contributed by atoms with Gasteiger partial charge in [0.25, 0.3) is 0 Å². The molecule has 0 radical (unpaired) electrons. The topological polar surface area (TPSA) is 52.3 Å². The Hall–Kier alpha value is -1.42. The molecule has 1 unspecified atom stereocenters. The average Bonchev–Trinajstić information content (AvgIpc) is 2.28. The van der Waals surface area contributed by atoms with E-state index in [0.717, 1.165) is 0 Å². The molecule has 17 heavy (non-hydrogen) atoms. The van der Waals surface area contributed by atoms with Gasteiger partial charge in [0, 0.05) is 0 Å². The fourth-order valence-corrected chi connectivity index (χ4v) is 1.80. The Morgan fingerprint density at radius 1 is 1.53 bits per heavy atom. The highest BCUT2D eigenvalue weighted by Gasteiger charge is 2.17. The molecule has 1 aromatic rings. The van der Waals surface area contributed by atoms with E-state index in [4.69, 9.17) is 5.73 Å². The summed E-state index contributed by atoms with van der Waals surface area (Å²) in [7, 11) is 1.31. The molecule has 0 aliphatic carbocycles. The second-order valence-corrected chi connectivity index (χ2v) is 4.16. The van der Waals surface area contributed by atoms with Gasteiger partial charge in [-0.25, -0.2) is 9.18 Å². The molecule has 0 saturated heterocycles. The molecule has 0 spiro atoms. The largest absolute Gasteiger partial charge is 0.465 e. The molecule has 0 heterocycles. The van der Waals surface area contributed by atoms with E-state index < -0.39 is 5.97 Å². The standard InChI is InChI=1S/C13H18FNO2/c1-8(4-5-15)10-7-11(13(16)17-3)9(2)6-12(10)14/h6-8H,4-5,15H2,1-3H3. The number of esters is 1. The van der Waals surface area contributed by atoms with Crippen molar-refractivity contribution in [3.05, 3.63) is 34.6 Å². The SMILES string of the molecule is COC(=O)c1cc(C(C)CCN)c(F)cc1C. The number of carbonyl (C=O) groups excluding carboxylic acids is 1. The Bertz CT molecular complexity index is 418. The van der Waals surface area contributed by atoms with Crippen LogP contribution in [0.1, 0.15) is 40.7 Å². The maximum absolute atomic E-state index is 13.8. The first kappa shape index (κ1) is 13.6. The predicted molar refractivity (Wildman–Crippen MR) is 64.6 cm³/mol. The van der Waals surface area contributed by atoms with E-state index in [9.17, 15) is 9.18 Å². The molecule has 3 nitrogen and oxygen atoms in total. The summed E-state index contributed by atoms with van der Waals surface area (Å²) in [6, 6.07) is 2.94. The van der Waals surface area contributed by atoms with Crippen molar-refractivity contribution in [3.63, 3.8) is 0 Å². The third-order valence-electron chi connectivity index (χ3n) is 2.88. The lowest BCUT2D eigenvalue weighted by Crippen LogP contribution is -2.10. The quantitative estimate of drug-likeness (QED) is 0.821. The molecule has 0 aliphatic heterocycles. The minimum absolute atomic E-state index is 0.0102. The first-order valence-electron chi connectivity index (χ1n) is 5.59. The molecular weight excluding hydrogens is 221 g/mol. The van der Waals surface area contributed by atoms with Crippen molar-refractivity contribution < 1.29 is 13.9 Å². The molecule has 0 amide bonds. The maximum atomic E-state index is 13.8. The van der Waals surface area contributed by atoms with Crippen LogP contribution in [0.2, 0.25) is 0 Å². The van der Waals surface area contributed by atoms with Gasteiger partial charge in [-0.15, -0.1) is 0 Å². The van der Waals surface area contributed by atoms with Crippen LogP contribution >= 0.6 is 0 Å². The van der Waals surface area contributed by atoms with E-state index in [1.54, 1.807) is 13.0 Å².